The molecule has 1 aliphatic rings. The van der Waals surface area contributed by atoms with Crippen molar-refractivity contribution >= 4 is 0 Å². The van der Waals surface area contributed by atoms with Crippen molar-refractivity contribution in [3.05, 3.63) is 63.4 Å². The average molecular weight is 430 g/mol. The summed E-state index contributed by atoms with van der Waals surface area (Å²) in [6.07, 6.45) is -8.09. The summed E-state index contributed by atoms with van der Waals surface area (Å²) < 4.78 is 83.7. The third-order valence-electron chi connectivity index (χ3n) is 4.50. The molecule has 1 saturated carbocycles. The van der Waals surface area contributed by atoms with Gasteiger partial charge in [0.25, 0.3) is 5.56 Å². The summed E-state index contributed by atoms with van der Waals surface area (Å²) in [5, 5.41) is 7.52. The highest BCUT2D eigenvalue weighted by Crippen LogP contribution is 2.40. The van der Waals surface area contributed by atoms with Gasteiger partial charge in [-0.2, -0.15) is 36.4 Å². The minimum absolute atomic E-state index is 0.00263. The minimum Gasteiger partial charge on any atom is -0.337 e. The lowest BCUT2D eigenvalue weighted by atomic mass is 10.1. The molecular formula is C18H12F6N4O2. The zero-order valence-electron chi connectivity index (χ0n) is 15.0. The van der Waals surface area contributed by atoms with Crippen molar-refractivity contribution in [2.75, 3.05) is 0 Å². The van der Waals surface area contributed by atoms with Crippen molar-refractivity contribution in [3.8, 4) is 11.4 Å². The summed E-state index contributed by atoms with van der Waals surface area (Å²) in [5.74, 6) is -0.613. The van der Waals surface area contributed by atoms with E-state index in [0.29, 0.717) is 17.5 Å². The third-order valence-corrected chi connectivity index (χ3v) is 4.50. The molecule has 4 rings (SSSR count). The molecular weight excluding hydrogens is 418 g/mol. The Labute approximate surface area is 164 Å². The number of nitrogens with zero attached hydrogens (tertiary/aromatic N) is 4. The highest BCUT2D eigenvalue weighted by atomic mass is 19.4. The van der Waals surface area contributed by atoms with E-state index in [-0.39, 0.29) is 28.9 Å². The van der Waals surface area contributed by atoms with Gasteiger partial charge < -0.3 is 4.52 Å². The van der Waals surface area contributed by atoms with Crippen LogP contribution >= 0.6 is 0 Å². The molecule has 0 atom stereocenters. The minimum atomic E-state index is -4.86. The second-order valence-electron chi connectivity index (χ2n) is 6.81. The monoisotopic (exact) mass is 430 g/mol. The Morgan fingerprint density at radius 2 is 1.80 bits per heavy atom. The average Bonchev–Trinajstić information content (AvgIpc) is 3.41. The number of benzene rings is 1. The predicted molar refractivity (Wildman–Crippen MR) is 89.3 cm³/mol. The standard InChI is InChI=1S/C18H12F6N4O2/c19-17(20,21)11-3-1-2-10(6-11)15-25-14(30-27-15)8-28-16(29)12(18(22,23)24)7-13(26-28)9-4-5-9/h1-3,6-7,9H,4-5,8H2. The van der Waals surface area contributed by atoms with Crippen molar-refractivity contribution in [1.82, 2.24) is 19.9 Å². The molecule has 3 aromatic rings. The molecule has 1 fully saturated rings. The van der Waals surface area contributed by atoms with Crippen molar-refractivity contribution in [3.63, 3.8) is 0 Å². The SMILES string of the molecule is O=c1c(C(F)(F)F)cc(C2CC2)nn1Cc1nc(-c2cccc(C(F)(F)F)c2)no1. The molecule has 0 radical (unpaired) electrons. The van der Waals surface area contributed by atoms with Crippen LogP contribution in [-0.4, -0.2) is 19.9 Å². The van der Waals surface area contributed by atoms with Gasteiger partial charge >= 0.3 is 12.4 Å². The Morgan fingerprint density at radius 1 is 1.07 bits per heavy atom. The topological polar surface area (TPSA) is 73.8 Å². The van der Waals surface area contributed by atoms with Gasteiger partial charge in [0.1, 0.15) is 12.1 Å². The summed E-state index contributed by atoms with van der Waals surface area (Å²) >= 11 is 0. The van der Waals surface area contributed by atoms with Crippen molar-refractivity contribution in [1.29, 1.82) is 0 Å². The Hall–Kier alpha value is -3.18. The first-order chi connectivity index (χ1) is 14.0. The number of rotatable bonds is 4. The first-order valence-electron chi connectivity index (χ1n) is 8.72. The molecule has 30 heavy (non-hydrogen) atoms. The Morgan fingerprint density at radius 3 is 2.43 bits per heavy atom. The van der Waals surface area contributed by atoms with Gasteiger partial charge in [0.05, 0.1) is 11.3 Å². The maximum Gasteiger partial charge on any atom is 0.421 e. The smallest absolute Gasteiger partial charge is 0.337 e. The van der Waals surface area contributed by atoms with Gasteiger partial charge in [0.15, 0.2) is 0 Å². The normalized spacial score (nSPS) is 14.9. The van der Waals surface area contributed by atoms with E-state index in [1.165, 1.54) is 6.07 Å². The van der Waals surface area contributed by atoms with Gasteiger partial charge in [-0.15, -0.1) is 0 Å². The van der Waals surface area contributed by atoms with E-state index in [9.17, 15) is 31.1 Å². The molecule has 0 unspecified atom stereocenters. The predicted octanol–water partition coefficient (Wildman–Crippen LogP) is 4.26. The van der Waals surface area contributed by atoms with Crippen LogP contribution in [0.1, 0.15) is 41.5 Å². The van der Waals surface area contributed by atoms with Crippen molar-refractivity contribution < 1.29 is 30.9 Å². The van der Waals surface area contributed by atoms with E-state index in [2.05, 4.69) is 15.2 Å². The molecule has 1 aliphatic carbocycles. The van der Waals surface area contributed by atoms with Gasteiger partial charge in [0.2, 0.25) is 11.7 Å². The quantitative estimate of drug-likeness (QED) is 0.579. The van der Waals surface area contributed by atoms with Gasteiger partial charge in [-0.3, -0.25) is 4.79 Å². The highest BCUT2D eigenvalue weighted by molar-refractivity contribution is 5.55. The van der Waals surface area contributed by atoms with Crippen LogP contribution in [0, 0.1) is 0 Å². The summed E-state index contributed by atoms with van der Waals surface area (Å²) in [4.78, 5) is 16.1. The van der Waals surface area contributed by atoms with Gasteiger partial charge in [-0.1, -0.05) is 17.3 Å². The van der Waals surface area contributed by atoms with Crippen LogP contribution in [-0.2, 0) is 18.9 Å². The largest absolute Gasteiger partial charge is 0.421 e. The van der Waals surface area contributed by atoms with Crippen LogP contribution in [0.3, 0.4) is 0 Å². The second kappa shape index (κ2) is 6.96. The maximum absolute atomic E-state index is 13.2. The van der Waals surface area contributed by atoms with Gasteiger partial charge in [-0.05, 0) is 31.0 Å². The number of aromatic nitrogens is 4. The molecule has 158 valence electrons. The number of hydrogen-bond donors (Lipinski definition) is 0. The number of hydrogen-bond acceptors (Lipinski definition) is 5. The molecule has 0 spiro atoms. The number of alkyl halides is 6. The maximum atomic E-state index is 13.2. The molecule has 0 amide bonds. The first kappa shape index (κ1) is 20.1. The summed E-state index contributed by atoms with van der Waals surface area (Å²) in [6.45, 7) is -0.547. The van der Waals surface area contributed by atoms with Gasteiger partial charge in [-0.25, -0.2) is 4.68 Å². The lowest BCUT2D eigenvalue weighted by Gasteiger charge is -2.11. The lowest BCUT2D eigenvalue weighted by Crippen LogP contribution is -2.31. The molecule has 6 nitrogen and oxygen atoms in total. The molecule has 2 heterocycles. The zero-order valence-corrected chi connectivity index (χ0v) is 15.0. The van der Waals surface area contributed by atoms with E-state index in [1.807, 2.05) is 0 Å². The van der Waals surface area contributed by atoms with Crippen LogP contribution in [0.5, 0.6) is 0 Å². The third kappa shape index (κ3) is 4.07. The fourth-order valence-electron chi connectivity index (χ4n) is 2.85. The van der Waals surface area contributed by atoms with E-state index in [1.54, 1.807) is 0 Å². The molecule has 0 aliphatic heterocycles. The van der Waals surface area contributed by atoms with Crippen LogP contribution < -0.4 is 5.56 Å². The summed E-state index contributed by atoms with van der Waals surface area (Å²) in [6, 6.07) is 4.92. The molecule has 0 bridgehead atoms. The molecule has 0 N–H and O–H groups in total. The Bertz CT molecular complexity index is 1140. The van der Waals surface area contributed by atoms with Crippen LogP contribution in [0.15, 0.2) is 39.6 Å². The van der Waals surface area contributed by atoms with E-state index in [0.717, 1.165) is 24.3 Å². The Kier molecular flexibility index (Phi) is 4.66. The molecule has 1 aromatic carbocycles. The number of halogens is 6. The van der Waals surface area contributed by atoms with Crippen molar-refractivity contribution in [2.45, 2.75) is 37.7 Å². The lowest BCUT2D eigenvalue weighted by molar-refractivity contribution is -0.139. The van der Waals surface area contributed by atoms with Crippen LogP contribution in [0.2, 0.25) is 0 Å². The first-order valence-corrected chi connectivity index (χ1v) is 8.72. The van der Waals surface area contributed by atoms with E-state index >= 15 is 0 Å². The van der Waals surface area contributed by atoms with Gasteiger partial charge in [0, 0.05) is 11.5 Å². The molecule has 0 saturated heterocycles. The molecule has 12 heteroatoms. The fraction of sp³-hybridized carbons (Fsp3) is 0.333. The fourth-order valence-corrected chi connectivity index (χ4v) is 2.85. The van der Waals surface area contributed by atoms with E-state index in [4.69, 9.17) is 4.52 Å². The second-order valence-corrected chi connectivity index (χ2v) is 6.81. The Balaban J connectivity index is 1.66. The van der Waals surface area contributed by atoms with E-state index < -0.39 is 35.6 Å². The molecule has 2 aromatic heterocycles. The summed E-state index contributed by atoms with van der Waals surface area (Å²) in [5.41, 5.74) is -3.50. The van der Waals surface area contributed by atoms with Crippen LogP contribution in [0.4, 0.5) is 26.3 Å². The van der Waals surface area contributed by atoms with Crippen LogP contribution in [0.25, 0.3) is 11.4 Å². The zero-order chi connectivity index (χ0) is 21.7. The summed E-state index contributed by atoms with van der Waals surface area (Å²) in [7, 11) is 0. The highest BCUT2D eigenvalue weighted by Gasteiger charge is 2.38. The van der Waals surface area contributed by atoms with Crippen molar-refractivity contribution in [2.24, 2.45) is 0 Å².